The van der Waals surface area contributed by atoms with Crippen molar-refractivity contribution >= 4 is 21.9 Å². The molecule has 26 heavy (non-hydrogen) atoms. The molecule has 7 nitrogen and oxygen atoms in total. The highest BCUT2D eigenvalue weighted by atomic mass is 79.9. The van der Waals surface area contributed by atoms with Crippen LogP contribution in [0.15, 0.2) is 51.4 Å². The topological polar surface area (TPSA) is 83.7 Å². The van der Waals surface area contributed by atoms with E-state index in [0.717, 1.165) is 10.0 Å². The largest absolute Gasteiger partial charge is 0.493 e. The fourth-order valence-corrected chi connectivity index (χ4v) is 2.54. The molecule has 0 N–H and O–H groups in total. The minimum Gasteiger partial charge on any atom is -0.493 e. The van der Waals surface area contributed by atoms with Crippen LogP contribution in [-0.4, -0.2) is 30.4 Å². The summed E-state index contributed by atoms with van der Waals surface area (Å²) in [6.45, 7) is -0.150. The van der Waals surface area contributed by atoms with Gasteiger partial charge in [0.05, 0.1) is 14.2 Å². The molecule has 3 aromatic rings. The Kier molecular flexibility index (Phi) is 5.52. The molecule has 0 fully saturated rings. The fraction of sp³-hybridized carbons (Fsp3) is 0.167. The highest BCUT2D eigenvalue weighted by Crippen LogP contribution is 2.31. The summed E-state index contributed by atoms with van der Waals surface area (Å²) in [5, 5.41) is 7.86. The van der Waals surface area contributed by atoms with Crippen molar-refractivity contribution in [2.24, 2.45) is 0 Å². The maximum atomic E-state index is 12.3. The second-order valence-electron chi connectivity index (χ2n) is 5.13. The number of methoxy groups -OCH3 is 2. The van der Waals surface area contributed by atoms with Gasteiger partial charge in [0.2, 0.25) is 5.89 Å². The molecule has 2 aromatic carbocycles. The number of halogens is 1. The molecule has 0 aliphatic rings. The van der Waals surface area contributed by atoms with Crippen LogP contribution in [0.3, 0.4) is 0 Å². The van der Waals surface area contributed by atoms with E-state index < -0.39 is 5.97 Å². The third-order valence-electron chi connectivity index (χ3n) is 3.51. The summed E-state index contributed by atoms with van der Waals surface area (Å²) in [6, 6.07) is 12.4. The van der Waals surface area contributed by atoms with Gasteiger partial charge in [0, 0.05) is 10.0 Å². The number of esters is 1. The Morgan fingerprint density at radius 2 is 1.85 bits per heavy atom. The summed E-state index contributed by atoms with van der Waals surface area (Å²) < 4.78 is 22.1. The zero-order chi connectivity index (χ0) is 18.5. The van der Waals surface area contributed by atoms with Crippen LogP contribution in [0.4, 0.5) is 0 Å². The van der Waals surface area contributed by atoms with Crippen molar-refractivity contribution < 1.29 is 23.4 Å². The van der Waals surface area contributed by atoms with E-state index in [-0.39, 0.29) is 18.1 Å². The number of ether oxygens (including phenoxy) is 3. The van der Waals surface area contributed by atoms with Crippen LogP contribution < -0.4 is 9.47 Å². The molecule has 8 heteroatoms. The molecule has 3 rings (SSSR count). The summed E-state index contributed by atoms with van der Waals surface area (Å²) in [5.74, 6) is 0.711. The first-order valence-electron chi connectivity index (χ1n) is 7.59. The lowest BCUT2D eigenvalue weighted by molar-refractivity contribution is 0.0434. The minimum atomic E-state index is -0.579. The lowest BCUT2D eigenvalue weighted by atomic mass is 10.2. The number of hydrogen-bond donors (Lipinski definition) is 0. The molecule has 0 radical (unpaired) electrons. The normalized spacial score (nSPS) is 10.4. The smallest absolute Gasteiger partial charge is 0.342 e. The van der Waals surface area contributed by atoms with Crippen molar-refractivity contribution in [2.75, 3.05) is 14.2 Å². The van der Waals surface area contributed by atoms with Gasteiger partial charge in [0.15, 0.2) is 18.1 Å². The molecule has 0 atom stereocenters. The van der Waals surface area contributed by atoms with Gasteiger partial charge in [0.25, 0.3) is 5.89 Å². The lowest BCUT2D eigenvalue weighted by Gasteiger charge is -2.11. The van der Waals surface area contributed by atoms with Crippen molar-refractivity contribution in [1.29, 1.82) is 0 Å². The SMILES string of the molecule is COc1cccc(C(=O)OCc2nnc(-c3ccc(Br)cc3)o2)c1OC. The second kappa shape index (κ2) is 8.01. The molecule has 1 aromatic heterocycles. The van der Waals surface area contributed by atoms with E-state index in [1.165, 1.54) is 14.2 Å². The van der Waals surface area contributed by atoms with Crippen molar-refractivity contribution in [2.45, 2.75) is 6.61 Å². The van der Waals surface area contributed by atoms with E-state index in [2.05, 4.69) is 26.1 Å². The maximum Gasteiger partial charge on any atom is 0.342 e. The van der Waals surface area contributed by atoms with Crippen molar-refractivity contribution in [3.63, 3.8) is 0 Å². The predicted octanol–water partition coefficient (Wildman–Crippen LogP) is 3.87. The Morgan fingerprint density at radius 1 is 1.08 bits per heavy atom. The number of carbonyl (C=O) groups is 1. The number of para-hydroxylation sites is 1. The van der Waals surface area contributed by atoms with Crippen LogP contribution in [0, 0.1) is 0 Å². The van der Waals surface area contributed by atoms with Gasteiger partial charge in [-0.15, -0.1) is 10.2 Å². The second-order valence-corrected chi connectivity index (χ2v) is 6.04. The molecule has 0 bridgehead atoms. The monoisotopic (exact) mass is 418 g/mol. The maximum absolute atomic E-state index is 12.3. The van der Waals surface area contributed by atoms with E-state index in [1.807, 2.05) is 24.3 Å². The molecule has 0 amide bonds. The molecule has 0 unspecified atom stereocenters. The van der Waals surface area contributed by atoms with E-state index in [9.17, 15) is 4.79 Å². The summed E-state index contributed by atoms with van der Waals surface area (Å²) in [7, 11) is 2.95. The average molecular weight is 419 g/mol. The third kappa shape index (κ3) is 3.85. The van der Waals surface area contributed by atoms with Gasteiger partial charge in [-0.05, 0) is 36.4 Å². The van der Waals surface area contributed by atoms with Crippen molar-refractivity contribution in [3.8, 4) is 23.0 Å². The van der Waals surface area contributed by atoms with Gasteiger partial charge in [-0.3, -0.25) is 0 Å². The molecule has 0 saturated carbocycles. The third-order valence-corrected chi connectivity index (χ3v) is 4.04. The number of carbonyl (C=O) groups excluding carboxylic acids is 1. The van der Waals surface area contributed by atoms with E-state index in [0.29, 0.717) is 17.4 Å². The van der Waals surface area contributed by atoms with Crippen LogP contribution in [0.25, 0.3) is 11.5 Å². The molecular formula is C18H15BrN2O5. The highest BCUT2D eigenvalue weighted by Gasteiger charge is 2.19. The van der Waals surface area contributed by atoms with Gasteiger partial charge in [-0.25, -0.2) is 4.79 Å². The van der Waals surface area contributed by atoms with Crippen LogP contribution in [0.2, 0.25) is 0 Å². The molecule has 0 aliphatic heterocycles. The Bertz CT molecular complexity index is 908. The summed E-state index contributed by atoms with van der Waals surface area (Å²) >= 11 is 3.36. The Labute approximate surface area is 158 Å². The average Bonchev–Trinajstić information content (AvgIpc) is 3.14. The quantitative estimate of drug-likeness (QED) is 0.561. The Balaban J connectivity index is 1.70. The number of aromatic nitrogens is 2. The molecule has 1 heterocycles. The zero-order valence-corrected chi connectivity index (χ0v) is 15.6. The van der Waals surface area contributed by atoms with Crippen LogP contribution in [0.5, 0.6) is 11.5 Å². The van der Waals surface area contributed by atoms with E-state index in [1.54, 1.807) is 18.2 Å². The predicted molar refractivity (Wildman–Crippen MR) is 96.1 cm³/mol. The first-order valence-corrected chi connectivity index (χ1v) is 8.38. The summed E-state index contributed by atoms with van der Waals surface area (Å²) in [6.07, 6.45) is 0. The highest BCUT2D eigenvalue weighted by molar-refractivity contribution is 9.10. The van der Waals surface area contributed by atoms with Crippen molar-refractivity contribution in [1.82, 2.24) is 10.2 Å². The van der Waals surface area contributed by atoms with Gasteiger partial charge < -0.3 is 18.6 Å². The van der Waals surface area contributed by atoms with Crippen LogP contribution in [0.1, 0.15) is 16.2 Å². The van der Waals surface area contributed by atoms with Gasteiger partial charge >= 0.3 is 5.97 Å². The molecule has 0 saturated heterocycles. The number of hydrogen-bond acceptors (Lipinski definition) is 7. The number of rotatable bonds is 6. The lowest BCUT2D eigenvalue weighted by Crippen LogP contribution is -2.08. The van der Waals surface area contributed by atoms with Gasteiger partial charge in [0.1, 0.15) is 5.56 Å². The van der Waals surface area contributed by atoms with Crippen molar-refractivity contribution in [3.05, 3.63) is 58.4 Å². The summed E-state index contributed by atoms with van der Waals surface area (Å²) in [5.41, 5.74) is 1.02. The summed E-state index contributed by atoms with van der Waals surface area (Å²) in [4.78, 5) is 12.3. The zero-order valence-electron chi connectivity index (χ0n) is 14.1. The van der Waals surface area contributed by atoms with E-state index >= 15 is 0 Å². The fourth-order valence-electron chi connectivity index (χ4n) is 2.27. The van der Waals surface area contributed by atoms with Gasteiger partial charge in [-0.2, -0.15) is 0 Å². The Morgan fingerprint density at radius 3 is 2.54 bits per heavy atom. The number of nitrogens with zero attached hydrogens (tertiary/aromatic N) is 2. The standard InChI is InChI=1S/C18H15BrN2O5/c1-23-14-5-3-4-13(16(14)24-2)18(22)25-10-15-20-21-17(26-15)11-6-8-12(19)9-7-11/h3-9H,10H2,1-2H3. The van der Waals surface area contributed by atoms with E-state index in [4.69, 9.17) is 18.6 Å². The first-order chi connectivity index (χ1) is 12.6. The van der Waals surface area contributed by atoms with Crippen LogP contribution in [-0.2, 0) is 11.3 Å². The molecule has 134 valence electrons. The molecular weight excluding hydrogens is 404 g/mol. The van der Waals surface area contributed by atoms with Crippen LogP contribution >= 0.6 is 15.9 Å². The Hall–Kier alpha value is -2.87. The minimum absolute atomic E-state index is 0.150. The molecule has 0 spiro atoms. The first kappa shape index (κ1) is 17.9. The molecule has 0 aliphatic carbocycles. The van der Waals surface area contributed by atoms with Gasteiger partial charge in [-0.1, -0.05) is 22.0 Å². The number of benzene rings is 2.